The molecular formula is C19H18O. The second-order valence-corrected chi connectivity index (χ2v) is 5.00. The Balaban J connectivity index is 1.61. The first kappa shape index (κ1) is 12.7. The zero-order valence-electron chi connectivity index (χ0n) is 11.4. The van der Waals surface area contributed by atoms with Crippen molar-refractivity contribution >= 4 is 0 Å². The predicted octanol–water partition coefficient (Wildman–Crippen LogP) is 4.87. The molecule has 3 rings (SSSR count). The third kappa shape index (κ3) is 3.18. The predicted molar refractivity (Wildman–Crippen MR) is 82.9 cm³/mol. The van der Waals surface area contributed by atoms with Crippen molar-refractivity contribution in [2.45, 2.75) is 18.9 Å². The molecule has 0 radical (unpaired) electrons. The van der Waals surface area contributed by atoms with Gasteiger partial charge in [0.05, 0.1) is 0 Å². The molecule has 0 N–H and O–H groups in total. The van der Waals surface area contributed by atoms with Gasteiger partial charge in [0.1, 0.15) is 12.4 Å². The molecule has 0 spiro atoms. The van der Waals surface area contributed by atoms with E-state index >= 15 is 0 Å². The smallest absolute Gasteiger partial charge is 0.119 e. The Bertz CT molecular complexity index is 593. The summed E-state index contributed by atoms with van der Waals surface area (Å²) in [5, 5.41) is 0. The third-order valence-corrected chi connectivity index (χ3v) is 3.54. The zero-order valence-corrected chi connectivity index (χ0v) is 11.4. The van der Waals surface area contributed by atoms with Gasteiger partial charge in [-0.15, -0.1) is 0 Å². The molecule has 1 nitrogen and oxygen atoms in total. The minimum Gasteiger partial charge on any atom is -0.489 e. The molecule has 1 aliphatic rings. The van der Waals surface area contributed by atoms with E-state index in [-0.39, 0.29) is 0 Å². The second-order valence-electron chi connectivity index (χ2n) is 5.00. The van der Waals surface area contributed by atoms with Crippen molar-refractivity contribution in [3.05, 3.63) is 90.0 Å². The van der Waals surface area contributed by atoms with E-state index < -0.39 is 0 Å². The molecule has 0 bridgehead atoms. The fourth-order valence-corrected chi connectivity index (χ4v) is 2.38. The van der Waals surface area contributed by atoms with Crippen LogP contribution in [-0.2, 0) is 6.61 Å². The molecule has 0 aliphatic heterocycles. The Hall–Kier alpha value is -2.28. The van der Waals surface area contributed by atoms with Gasteiger partial charge in [0.15, 0.2) is 0 Å². The molecule has 0 saturated heterocycles. The lowest BCUT2D eigenvalue weighted by molar-refractivity contribution is 0.306. The van der Waals surface area contributed by atoms with E-state index in [1.165, 1.54) is 11.1 Å². The van der Waals surface area contributed by atoms with Crippen molar-refractivity contribution in [3.63, 3.8) is 0 Å². The molecule has 1 heteroatoms. The van der Waals surface area contributed by atoms with Crippen molar-refractivity contribution in [2.24, 2.45) is 0 Å². The largest absolute Gasteiger partial charge is 0.489 e. The first-order valence-electron chi connectivity index (χ1n) is 7.02. The summed E-state index contributed by atoms with van der Waals surface area (Å²) in [6.07, 6.45) is 9.77. The standard InChI is InChI=1S/C19H18O/c1-3-7-16(8-4-1)15-20-19-13-11-18(12-14-19)17-9-5-2-6-10-17/h1-9,11-14,17H,10,15H2. The molecule has 1 unspecified atom stereocenters. The summed E-state index contributed by atoms with van der Waals surface area (Å²) in [6.45, 7) is 0.617. The van der Waals surface area contributed by atoms with Gasteiger partial charge in [-0.1, -0.05) is 66.8 Å². The summed E-state index contributed by atoms with van der Waals surface area (Å²) >= 11 is 0. The SMILES string of the molecule is C1=CCC(c2ccc(OCc3ccccc3)cc2)C=C1. The maximum atomic E-state index is 5.80. The van der Waals surface area contributed by atoms with Gasteiger partial charge in [0.25, 0.3) is 0 Å². The summed E-state index contributed by atoms with van der Waals surface area (Å²) in [5.74, 6) is 1.43. The van der Waals surface area contributed by atoms with Crippen LogP contribution in [0.3, 0.4) is 0 Å². The van der Waals surface area contributed by atoms with Gasteiger partial charge in [0.2, 0.25) is 0 Å². The molecule has 0 fully saturated rings. The molecular weight excluding hydrogens is 244 g/mol. The van der Waals surface area contributed by atoms with Gasteiger partial charge in [-0.25, -0.2) is 0 Å². The quantitative estimate of drug-likeness (QED) is 0.764. The van der Waals surface area contributed by atoms with Crippen LogP contribution in [0.15, 0.2) is 78.9 Å². The average Bonchev–Trinajstić information content (AvgIpc) is 2.55. The normalized spacial score (nSPS) is 17.1. The number of rotatable bonds is 4. The summed E-state index contributed by atoms with van der Waals surface area (Å²) < 4.78 is 5.80. The number of allylic oxidation sites excluding steroid dienone is 4. The topological polar surface area (TPSA) is 9.23 Å². The van der Waals surface area contributed by atoms with Crippen LogP contribution < -0.4 is 4.74 Å². The van der Waals surface area contributed by atoms with Crippen molar-refractivity contribution in [3.8, 4) is 5.75 Å². The fraction of sp³-hybridized carbons (Fsp3) is 0.158. The molecule has 2 aromatic rings. The summed E-state index contributed by atoms with van der Waals surface area (Å²) in [6, 6.07) is 18.7. The van der Waals surface area contributed by atoms with Crippen LogP contribution in [0.2, 0.25) is 0 Å². The molecule has 2 aromatic carbocycles. The zero-order chi connectivity index (χ0) is 13.6. The van der Waals surface area contributed by atoms with Gasteiger partial charge in [0, 0.05) is 5.92 Å². The van der Waals surface area contributed by atoms with Crippen LogP contribution in [0.5, 0.6) is 5.75 Å². The highest BCUT2D eigenvalue weighted by Gasteiger charge is 2.08. The van der Waals surface area contributed by atoms with Crippen LogP contribution in [0, 0.1) is 0 Å². The Morgan fingerprint density at radius 2 is 1.70 bits per heavy atom. The summed E-state index contributed by atoms with van der Waals surface area (Å²) in [4.78, 5) is 0. The van der Waals surface area contributed by atoms with Crippen LogP contribution >= 0.6 is 0 Å². The van der Waals surface area contributed by atoms with Gasteiger partial charge < -0.3 is 4.74 Å². The minimum absolute atomic E-state index is 0.503. The van der Waals surface area contributed by atoms with Gasteiger partial charge in [-0.05, 0) is 29.7 Å². The summed E-state index contributed by atoms with van der Waals surface area (Å²) in [7, 11) is 0. The number of ether oxygens (including phenoxy) is 1. The van der Waals surface area contributed by atoms with E-state index in [1.807, 2.05) is 18.2 Å². The Morgan fingerprint density at radius 1 is 0.900 bits per heavy atom. The molecule has 1 atom stereocenters. The molecule has 20 heavy (non-hydrogen) atoms. The highest BCUT2D eigenvalue weighted by molar-refractivity contribution is 5.33. The van der Waals surface area contributed by atoms with Crippen molar-refractivity contribution in [1.82, 2.24) is 0 Å². The van der Waals surface area contributed by atoms with Crippen molar-refractivity contribution in [1.29, 1.82) is 0 Å². The van der Waals surface area contributed by atoms with E-state index in [4.69, 9.17) is 4.74 Å². The first-order valence-corrected chi connectivity index (χ1v) is 7.02. The van der Waals surface area contributed by atoms with Gasteiger partial charge in [-0.2, -0.15) is 0 Å². The molecule has 100 valence electrons. The molecule has 1 aliphatic carbocycles. The fourth-order valence-electron chi connectivity index (χ4n) is 2.38. The average molecular weight is 262 g/mol. The molecule has 0 aromatic heterocycles. The number of benzene rings is 2. The van der Waals surface area contributed by atoms with E-state index in [9.17, 15) is 0 Å². The monoisotopic (exact) mass is 262 g/mol. The lowest BCUT2D eigenvalue weighted by Gasteiger charge is -2.14. The second kappa shape index (κ2) is 6.25. The van der Waals surface area contributed by atoms with Crippen molar-refractivity contribution < 1.29 is 4.74 Å². The Kier molecular flexibility index (Phi) is 3.98. The maximum Gasteiger partial charge on any atom is 0.119 e. The Morgan fingerprint density at radius 3 is 2.40 bits per heavy atom. The highest BCUT2D eigenvalue weighted by atomic mass is 16.5. The van der Waals surface area contributed by atoms with Crippen molar-refractivity contribution in [2.75, 3.05) is 0 Å². The number of hydrogen-bond acceptors (Lipinski definition) is 1. The van der Waals surface area contributed by atoms with Crippen LogP contribution in [0.25, 0.3) is 0 Å². The lowest BCUT2D eigenvalue weighted by atomic mass is 9.93. The van der Waals surface area contributed by atoms with E-state index in [1.54, 1.807) is 0 Å². The lowest BCUT2D eigenvalue weighted by Crippen LogP contribution is -1.98. The van der Waals surface area contributed by atoms with E-state index in [2.05, 4.69) is 60.7 Å². The minimum atomic E-state index is 0.503. The maximum absolute atomic E-state index is 5.80. The first-order chi connectivity index (χ1) is 9.92. The highest BCUT2D eigenvalue weighted by Crippen LogP contribution is 2.26. The molecule has 0 saturated carbocycles. The van der Waals surface area contributed by atoms with Gasteiger partial charge >= 0.3 is 0 Å². The third-order valence-electron chi connectivity index (χ3n) is 3.54. The Labute approximate surface area is 120 Å². The van der Waals surface area contributed by atoms with Crippen LogP contribution in [-0.4, -0.2) is 0 Å². The van der Waals surface area contributed by atoms with Crippen LogP contribution in [0.4, 0.5) is 0 Å². The van der Waals surface area contributed by atoms with Crippen LogP contribution in [0.1, 0.15) is 23.5 Å². The summed E-state index contributed by atoms with van der Waals surface area (Å²) in [5.41, 5.74) is 2.54. The number of hydrogen-bond donors (Lipinski definition) is 0. The molecule has 0 amide bonds. The van der Waals surface area contributed by atoms with E-state index in [0.29, 0.717) is 12.5 Å². The van der Waals surface area contributed by atoms with E-state index in [0.717, 1.165) is 12.2 Å². The van der Waals surface area contributed by atoms with Gasteiger partial charge in [-0.3, -0.25) is 0 Å². The molecule has 0 heterocycles.